The fourth-order valence-electron chi connectivity index (χ4n) is 3.01. The van der Waals surface area contributed by atoms with E-state index < -0.39 is 0 Å². The molecule has 1 N–H and O–H groups in total. The van der Waals surface area contributed by atoms with E-state index in [0.717, 1.165) is 22.3 Å². The van der Waals surface area contributed by atoms with Crippen molar-refractivity contribution >= 4 is 34.1 Å². The van der Waals surface area contributed by atoms with Crippen LogP contribution in [-0.2, 0) is 0 Å². The van der Waals surface area contributed by atoms with Gasteiger partial charge in [0.25, 0.3) is 5.56 Å². The molecule has 0 saturated carbocycles. The summed E-state index contributed by atoms with van der Waals surface area (Å²) in [5.41, 5.74) is 4.20. The van der Waals surface area contributed by atoms with Crippen molar-refractivity contribution in [3.63, 3.8) is 0 Å². The third-order valence-corrected chi connectivity index (χ3v) is 4.71. The molecular weight excluding hydrogens is 367 g/mol. The highest BCUT2D eigenvalue weighted by molar-refractivity contribution is 6.35. The van der Waals surface area contributed by atoms with Crippen LogP contribution in [0.5, 0.6) is 0 Å². The molecule has 0 fully saturated rings. The lowest BCUT2D eigenvalue weighted by Crippen LogP contribution is -2.10. The number of aromatic amines is 1. The molecule has 26 heavy (non-hydrogen) atoms. The Morgan fingerprint density at radius 1 is 0.846 bits per heavy atom. The molecule has 4 aromatic rings. The summed E-state index contributed by atoms with van der Waals surface area (Å²) in [6, 6.07) is 18.8. The second-order valence-corrected chi connectivity index (χ2v) is 7.00. The van der Waals surface area contributed by atoms with E-state index in [0.29, 0.717) is 26.8 Å². The number of H-pyrrole nitrogens is 1. The van der Waals surface area contributed by atoms with E-state index in [1.54, 1.807) is 12.1 Å². The number of hydrogen-bond donors (Lipinski definition) is 1. The molecule has 128 valence electrons. The fourth-order valence-corrected chi connectivity index (χ4v) is 3.53. The average Bonchev–Trinajstić information content (AvgIpc) is 2.62. The van der Waals surface area contributed by atoms with Crippen LogP contribution in [0.25, 0.3) is 33.4 Å². The van der Waals surface area contributed by atoms with Gasteiger partial charge in [-0.05, 0) is 53.9 Å². The summed E-state index contributed by atoms with van der Waals surface area (Å²) < 4.78 is 0. The first-order chi connectivity index (χ1) is 12.5. The van der Waals surface area contributed by atoms with Gasteiger partial charge in [-0.2, -0.15) is 0 Å². The van der Waals surface area contributed by atoms with Crippen LogP contribution in [0.3, 0.4) is 0 Å². The van der Waals surface area contributed by atoms with E-state index in [-0.39, 0.29) is 5.56 Å². The monoisotopic (exact) mass is 380 g/mol. The molecule has 0 aliphatic carbocycles. The van der Waals surface area contributed by atoms with Gasteiger partial charge >= 0.3 is 0 Å². The molecule has 0 radical (unpaired) electrons. The highest BCUT2D eigenvalue weighted by Gasteiger charge is 2.09. The average molecular weight is 381 g/mol. The molecule has 0 unspecified atom stereocenters. The zero-order valence-electron chi connectivity index (χ0n) is 13.9. The quantitative estimate of drug-likeness (QED) is 0.472. The van der Waals surface area contributed by atoms with Gasteiger partial charge in [0.2, 0.25) is 0 Å². The molecule has 0 saturated heterocycles. The number of para-hydroxylation sites is 1. The van der Waals surface area contributed by atoms with Crippen molar-refractivity contribution < 1.29 is 0 Å². The third-order valence-electron chi connectivity index (χ3n) is 4.27. The predicted octanol–water partition coefficient (Wildman–Crippen LogP) is 5.87. The molecule has 3 nitrogen and oxygen atoms in total. The van der Waals surface area contributed by atoms with Crippen molar-refractivity contribution in [3.05, 3.63) is 86.6 Å². The van der Waals surface area contributed by atoms with Crippen LogP contribution in [0.2, 0.25) is 10.0 Å². The lowest BCUT2D eigenvalue weighted by atomic mass is 10.0. The topological polar surface area (TPSA) is 45.8 Å². The summed E-state index contributed by atoms with van der Waals surface area (Å²) >= 11 is 12.2. The minimum absolute atomic E-state index is 0.148. The first kappa shape index (κ1) is 16.8. The van der Waals surface area contributed by atoms with Gasteiger partial charge in [-0.15, -0.1) is 0 Å². The predicted molar refractivity (Wildman–Crippen MR) is 108 cm³/mol. The second kappa shape index (κ2) is 6.60. The number of rotatable bonds is 2. The number of benzene rings is 3. The van der Waals surface area contributed by atoms with Crippen LogP contribution >= 0.6 is 23.2 Å². The molecule has 3 aromatic carbocycles. The van der Waals surface area contributed by atoms with E-state index in [9.17, 15) is 4.79 Å². The van der Waals surface area contributed by atoms with Crippen molar-refractivity contribution in [3.8, 4) is 22.5 Å². The highest BCUT2D eigenvalue weighted by Crippen LogP contribution is 2.29. The molecule has 1 heterocycles. The maximum absolute atomic E-state index is 12.4. The normalized spacial score (nSPS) is 11.0. The largest absolute Gasteiger partial charge is 0.306 e. The van der Waals surface area contributed by atoms with E-state index in [1.165, 1.54) is 0 Å². The lowest BCUT2D eigenvalue weighted by Gasteiger charge is -2.08. The van der Waals surface area contributed by atoms with Crippen molar-refractivity contribution in [1.29, 1.82) is 0 Å². The van der Waals surface area contributed by atoms with E-state index in [1.807, 2.05) is 55.5 Å². The molecule has 1 aromatic heterocycles. The Kier molecular flexibility index (Phi) is 4.27. The number of hydrogen-bond acceptors (Lipinski definition) is 2. The van der Waals surface area contributed by atoms with Gasteiger partial charge in [0, 0.05) is 15.6 Å². The number of fused-ring (bicyclic) bond motifs is 1. The molecule has 0 spiro atoms. The summed E-state index contributed by atoms with van der Waals surface area (Å²) in [7, 11) is 0. The Hall–Kier alpha value is -2.62. The summed E-state index contributed by atoms with van der Waals surface area (Å²) in [6.45, 7) is 1.95. The first-order valence-corrected chi connectivity index (χ1v) is 8.83. The van der Waals surface area contributed by atoms with E-state index >= 15 is 0 Å². The van der Waals surface area contributed by atoms with Crippen LogP contribution in [-0.4, -0.2) is 9.97 Å². The Labute approximate surface area is 160 Å². The number of halogens is 2. The Morgan fingerprint density at radius 2 is 1.54 bits per heavy atom. The van der Waals surface area contributed by atoms with Gasteiger partial charge < -0.3 is 4.98 Å². The lowest BCUT2D eigenvalue weighted by molar-refractivity contribution is 1.17. The van der Waals surface area contributed by atoms with Gasteiger partial charge in [-0.25, -0.2) is 4.98 Å². The van der Waals surface area contributed by atoms with Crippen LogP contribution in [0.4, 0.5) is 0 Å². The summed E-state index contributed by atoms with van der Waals surface area (Å²) in [5.74, 6) is 0.534. The number of aromatic nitrogens is 2. The van der Waals surface area contributed by atoms with E-state index in [2.05, 4.69) is 9.97 Å². The first-order valence-electron chi connectivity index (χ1n) is 8.08. The van der Waals surface area contributed by atoms with E-state index in [4.69, 9.17) is 23.2 Å². The maximum Gasteiger partial charge on any atom is 0.259 e. The Bertz CT molecular complexity index is 1180. The van der Waals surface area contributed by atoms with Crippen LogP contribution in [0.15, 0.2) is 65.5 Å². The van der Waals surface area contributed by atoms with Gasteiger partial charge in [-0.1, -0.05) is 53.5 Å². The van der Waals surface area contributed by atoms with Gasteiger partial charge in [0.1, 0.15) is 5.82 Å². The Morgan fingerprint density at radius 3 is 2.31 bits per heavy atom. The van der Waals surface area contributed by atoms with Gasteiger partial charge in [-0.3, -0.25) is 4.79 Å². The van der Waals surface area contributed by atoms with Crippen LogP contribution < -0.4 is 5.56 Å². The second-order valence-electron chi connectivity index (χ2n) is 6.12. The highest BCUT2D eigenvalue weighted by atomic mass is 35.5. The molecule has 4 rings (SSSR count). The summed E-state index contributed by atoms with van der Waals surface area (Å²) in [6.07, 6.45) is 0. The molecule has 5 heteroatoms. The standard InChI is InChI=1S/C21H14Cl2N2O/c1-12-4-2-7-18-19(12)24-20(25-21(18)26)14-6-3-5-13(8-14)15-9-16(22)11-17(23)10-15/h2-11H,1H3,(H,24,25,26). The molecule has 0 atom stereocenters. The Balaban J connectivity index is 1.88. The SMILES string of the molecule is Cc1cccc2c(=O)[nH]c(-c3cccc(-c4cc(Cl)cc(Cl)c4)c3)nc12. The summed E-state index contributed by atoms with van der Waals surface area (Å²) in [4.78, 5) is 20.0. The molecular formula is C21H14Cl2N2O. The van der Waals surface area contributed by atoms with Crippen LogP contribution in [0, 0.1) is 6.92 Å². The minimum Gasteiger partial charge on any atom is -0.306 e. The van der Waals surface area contributed by atoms with Crippen LogP contribution in [0.1, 0.15) is 5.56 Å². The van der Waals surface area contributed by atoms with Crippen molar-refractivity contribution in [2.24, 2.45) is 0 Å². The maximum atomic E-state index is 12.4. The van der Waals surface area contributed by atoms with Crippen molar-refractivity contribution in [2.75, 3.05) is 0 Å². The van der Waals surface area contributed by atoms with Gasteiger partial charge in [0.05, 0.1) is 10.9 Å². The number of nitrogens with one attached hydrogen (secondary N) is 1. The molecule has 0 aliphatic heterocycles. The fraction of sp³-hybridized carbons (Fsp3) is 0.0476. The summed E-state index contributed by atoms with van der Waals surface area (Å²) in [5, 5.41) is 1.74. The third kappa shape index (κ3) is 3.12. The minimum atomic E-state index is -0.148. The van der Waals surface area contributed by atoms with Crippen molar-refractivity contribution in [1.82, 2.24) is 9.97 Å². The zero-order chi connectivity index (χ0) is 18.3. The smallest absolute Gasteiger partial charge is 0.259 e. The molecule has 0 aliphatic rings. The molecule has 0 bridgehead atoms. The van der Waals surface area contributed by atoms with Crippen molar-refractivity contribution in [2.45, 2.75) is 6.92 Å². The zero-order valence-corrected chi connectivity index (χ0v) is 15.4. The number of aryl methyl sites for hydroxylation is 1. The molecule has 0 amide bonds. The van der Waals surface area contributed by atoms with Gasteiger partial charge in [0.15, 0.2) is 0 Å². The number of nitrogens with zero attached hydrogens (tertiary/aromatic N) is 1.